The Balaban J connectivity index is 1.90. The summed E-state index contributed by atoms with van der Waals surface area (Å²) in [5, 5.41) is 3.21. The Morgan fingerprint density at radius 2 is 2.21 bits per heavy atom. The van der Waals surface area contributed by atoms with Crippen molar-refractivity contribution in [2.45, 2.75) is 51.6 Å². The minimum absolute atomic E-state index is 0.560. The Morgan fingerprint density at radius 3 is 2.95 bits per heavy atom. The van der Waals surface area contributed by atoms with Crippen LogP contribution >= 0.6 is 0 Å². The zero-order valence-corrected chi connectivity index (χ0v) is 11.9. The molecule has 3 rings (SSSR count). The van der Waals surface area contributed by atoms with Gasteiger partial charge in [-0.05, 0) is 25.2 Å². The number of nitrogens with zero attached hydrogens (tertiary/aromatic N) is 2. The van der Waals surface area contributed by atoms with E-state index in [1.807, 2.05) is 7.05 Å². The third-order valence-electron chi connectivity index (χ3n) is 4.56. The molecule has 0 spiro atoms. The molecule has 1 aromatic heterocycles. The number of anilines is 1. The van der Waals surface area contributed by atoms with Gasteiger partial charge in [0, 0.05) is 24.9 Å². The molecule has 1 saturated carbocycles. The maximum Gasteiger partial charge on any atom is 0.135 e. The van der Waals surface area contributed by atoms with Gasteiger partial charge < -0.3 is 10.1 Å². The van der Waals surface area contributed by atoms with Crippen molar-refractivity contribution >= 4 is 5.82 Å². The summed E-state index contributed by atoms with van der Waals surface area (Å²) in [6, 6.07) is 0. The number of rotatable bonds is 3. The average Bonchev–Trinajstić information content (AvgIpc) is 2.95. The van der Waals surface area contributed by atoms with Crippen LogP contribution in [0.4, 0.5) is 5.82 Å². The zero-order chi connectivity index (χ0) is 13.2. The molecule has 1 N–H and O–H groups in total. The fourth-order valence-corrected chi connectivity index (χ4v) is 3.32. The number of nitrogens with one attached hydrogen (secondary N) is 1. The summed E-state index contributed by atoms with van der Waals surface area (Å²) in [4.78, 5) is 9.59. The molecule has 0 bridgehead atoms. The molecule has 4 nitrogen and oxygen atoms in total. The minimum atomic E-state index is 0.560. The third kappa shape index (κ3) is 2.46. The summed E-state index contributed by atoms with van der Waals surface area (Å²) in [6.45, 7) is 3.72. The van der Waals surface area contributed by atoms with Crippen molar-refractivity contribution in [3.8, 4) is 0 Å². The quantitative estimate of drug-likeness (QED) is 0.909. The van der Waals surface area contributed by atoms with Crippen molar-refractivity contribution in [2.24, 2.45) is 5.92 Å². The van der Waals surface area contributed by atoms with Gasteiger partial charge in [-0.15, -0.1) is 0 Å². The first-order valence-electron chi connectivity index (χ1n) is 7.47. The zero-order valence-electron chi connectivity index (χ0n) is 11.9. The van der Waals surface area contributed by atoms with Gasteiger partial charge in [-0.25, -0.2) is 9.97 Å². The van der Waals surface area contributed by atoms with Crippen LogP contribution in [0.2, 0.25) is 0 Å². The van der Waals surface area contributed by atoms with Crippen molar-refractivity contribution < 1.29 is 4.74 Å². The van der Waals surface area contributed by atoms with E-state index in [1.54, 1.807) is 0 Å². The summed E-state index contributed by atoms with van der Waals surface area (Å²) in [6.07, 6.45) is 6.04. The molecular weight excluding hydrogens is 238 g/mol. The molecule has 104 valence electrons. The van der Waals surface area contributed by atoms with Crippen LogP contribution in [0.15, 0.2) is 0 Å². The second kappa shape index (κ2) is 5.45. The molecule has 0 radical (unpaired) electrons. The number of hydrogen-bond acceptors (Lipinski definition) is 4. The van der Waals surface area contributed by atoms with Crippen molar-refractivity contribution in [3.63, 3.8) is 0 Å². The molecule has 2 aliphatic rings. The van der Waals surface area contributed by atoms with E-state index in [-0.39, 0.29) is 0 Å². The van der Waals surface area contributed by atoms with Gasteiger partial charge in [-0.3, -0.25) is 0 Å². The fraction of sp³-hybridized carbons (Fsp3) is 0.733. The molecular formula is C15H23N3O. The van der Waals surface area contributed by atoms with Gasteiger partial charge in [-0.2, -0.15) is 0 Å². The average molecular weight is 261 g/mol. The van der Waals surface area contributed by atoms with E-state index in [1.165, 1.54) is 31.4 Å². The summed E-state index contributed by atoms with van der Waals surface area (Å²) < 4.78 is 5.52. The van der Waals surface area contributed by atoms with Crippen LogP contribution < -0.4 is 5.32 Å². The lowest BCUT2D eigenvalue weighted by molar-refractivity contribution is 0.109. The third-order valence-corrected chi connectivity index (χ3v) is 4.56. The lowest BCUT2D eigenvalue weighted by atomic mass is 10.0. The summed E-state index contributed by atoms with van der Waals surface area (Å²) in [5.41, 5.74) is 2.35. The highest BCUT2D eigenvalue weighted by Gasteiger charge is 2.28. The summed E-state index contributed by atoms with van der Waals surface area (Å²) >= 11 is 0. The van der Waals surface area contributed by atoms with Crippen LogP contribution in [0.3, 0.4) is 0 Å². The van der Waals surface area contributed by atoms with Crippen molar-refractivity contribution in [3.05, 3.63) is 17.1 Å². The van der Waals surface area contributed by atoms with Gasteiger partial charge in [0.05, 0.1) is 18.9 Å². The van der Waals surface area contributed by atoms with E-state index >= 15 is 0 Å². The second-order valence-corrected chi connectivity index (χ2v) is 5.69. The lowest BCUT2D eigenvalue weighted by Gasteiger charge is -2.20. The van der Waals surface area contributed by atoms with Crippen molar-refractivity contribution in [1.29, 1.82) is 0 Å². The largest absolute Gasteiger partial charge is 0.376 e. The number of fused-ring (bicyclic) bond motifs is 1. The highest BCUT2D eigenvalue weighted by molar-refractivity contribution is 5.47. The molecule has 1 aliphatic carbocycles. The number of ether oxygens (including phenoxy) is 1. The lowest BCUT2D eigenvalue weighted by Crippen LogP contribution is -2.18. The van der Waals surface area contributed by atoms with Crippen LogP contribution in [0.5, 0.6) is 0 Å². The first-order valence-corrected chi connectivity index (χ1v) is 7.47. The fourth-order valence-electron chi connectivity index (χ4n) is 3.32. The van der Waals surface area contributed by atoms with E-state index in [9.17, 15) is 0 Å². The summed E-state index contributed by atoms with van der Waals surface area (Å²) in [7, 11) is 1.94. The smallest absolute Gasteiger partial charge is 0.135 e. The predicted molar refractivity (Wildman–Crippen MR) is 75.3 cm³/mol. The van der Waals surface area contributed by atoms with Crippen LogP contribution in [-0.2, 0) is 17.8 Å². The van der Waals surface area contributed by atoms with Crippen LogP contribution in [0, 0.1) is 5.92 Å². The van der Waals surface area contributed by atoms with E-state index in [0.717, 1.165) is 36.2 Å². The van der Waals surface area contributed by atoms with E-state index in [4.69, 9.17) is 14.7 Å². The van der Waals surface area contributed by atoms with Gasteiger partial charge in [0.2, 0.25) is 0 Å². The van der Waals surface area contributed by atoms with Crippen LogP contribution in [-0.4, -0.2) is 23.6 Å². The standard InChI is InChI=1S/C15H23N3O/c1-3-10-4-5-11(8-10)14-17-13-6-7-19-9-12(13)15(16-2)18-14/h10-11H,3-9H2,1-2H3,(H,16,17,18). The highest BCUT2D eigenvalue weighted by atomic mass is 16.5. The highest BCUT2D eigenvalue weighted by Crippen LogP contribution is 2.39. The Bertz CT molecular complexity index is 444. The van der Waals surface area contributed by atoms with Gasteiger partial charge in [0.25, 0.3) is 0 Å². The van der Waals surface area contributed by atoms with Crippen LogP contribution in [0.1, 0.15) is 55.6 Å². The van der Waals surface area contributed by atoms with Gasteiger partial charge >= 0.3 is 0 Å². The summed E-state index contributed by atoms with van der Waals surface area (Å²) in [5.74, 6) is 3.46. The molecule has 0 saturated heterocycles. The van der Waals surface area contributed by atoms with E-state index in [0.29, 0.717) is 12.5 Å². The Labute approximate surface area is 115 Å². The molecule has 1 aromatic rings. The molecule has 19 heavy (non-hydrogen) atoms. The number of hydrogen-bond donors (Lipinski definition) is 1. The van der Waals surface area contributed by atoms with E-state index < -0.39 is 0 Å². The predicted octanol–water partition coefficient (Wildman–Crippen LogP) is 2.88. The first-order chi connectivity index (χ1) is 9.31. The maximum atomic E-state index is 5.52. The van der Waals surface area contributed by atoms with Crippen molar-refractivity contribution in [2.75, 3.05) is 19.0 Å². The molecule has 0 aromatic carbocycles. The SMILES string of the molecule is CCC1CCC(c2nc3c(c(NC)n2)COCC3)C1. The number of aromatic nitrogens is 2. The molecule has 0 amide bonds. The molecule has 4 heteroatoms. The van der Waals surface area contributed by atoms with Crippen molar-refractivity contribution in [1.82, 2.24) is 9.97 Å². The topological polar surface area (TPSA) is 47.0 Å². The maximum absolute atomic E-state index is 5.52. The Morgan fingerprint density at radius 1 is 1.32 bits per heavy atom. The monoisotopic (exact) mass is 261 g/mol. The minimum Gasteiger partial charge on any atom is -0.376 e. The molecule has 2 heterocycles. The van der Waals surface area contributed by atoms with Gasteiger partial charge in [0.15, 0.2) is 0 Å². The first kappa shape index (κ1) is 12.9. The van der Waals surface area contributed by atoms with Gasteiger partial charge in [-0.1, -0.05) is 13.3 Å². The van der Waals surface area contributed by atoms with E-state index in [2.05, 4.69) is 12.2 Å². The molecule has 2 unspecified atom stereocenters. The normalized spacial score (nSPS) is 26.2. The van der Waals surface area contributed by atoms with Crippen LogP contribution in [0.25, 0.3) is 0 Å². The van der Waals surface area contributed by atoms with Gasteiger partial charge in [0.1, 0.15) is 11.6 Å². The molecule has 1 fully saturated rings. The Hall–Kier alpha value is -1.16. The Kier molecular flexibility index (Phi) is 3.69. The molecule has 2 atom stereocenters. The molecule has 1 aliphatic heterocycles. The second-order valence-electron chi connectivity index (χ2n) is 5.69.